The molecule has 7 aromatic rings. The van der Waals surface area contributed by atoms with Gasteiger partial charge in [0, 0.05) is 59.4 Å². The number of rotatable bonds is 7. The lowest BCUT2D eigenvalue weighted by molar-refractivity contribution is 0.00578. The molecule has 0 N–H and O–H groups in total. The van der Waals surface area contributed by atoms with Crippen molar-refractivity contribution in [1.82, 2.24) is 39.9 Å². The van der Waals surface area contributed by atoms with E-state index in [1.165, 1.54) is 0 Å². The van der Waals surface area contributed by atoms with Gasteiger partial charge in [0.25, 0.3) is 0 Å². The number of nitrogens with zero attached hydrogens (tertiary/aromatic N) is 8. The topological polar surface area (TPSA) is 122 Å². The number of pyridine rings is 4. The maximum Gasteiger partial charge on any atom is 0.494 e. The Kier molecular flexibility index (Phi) is 8.21. The Morgan fingerprint density at radius 2 is 0.902 bits per heavy atom. The molecule has 0 saturated carbocycles. The zero-order valence-corrected chi connectivity index (χ0v) is 28.6. The van der Waals surface area contributed by atoms with Crippen molar-refractivity contribution < 1.29 is 9.31 Å². The standard InChI is InChI=1S/C40H33BN8O2/c1-39(2)40(3,4)51-41(50-39)30-20-28(35-22-33(26-11-9-15-42-24-26)46-37(48-35)31-13-5-7-17-44-31)19-29(21-30)36-23-34(27-12-10-16-43-25-27)47-38(49-36)32-14-6-8-18-45-32/h5-25H,1-4H3. The first-order chi connectivity index (χ1) is 24.7. The second-order valence-corrected chi connectivity index (χ2v) is 13.3. The van der Waals surface area contributed by atoms with Crippen LogP contribution < -0.4 is 5.46 Å². The third-order valence-electron chi connectivity index (χ3n) is 9.23. The summed E-state index contributed by atoms with van der Waals surface area (Å²) in [5.74, 6) is 0.987. The third kappa shape index (κ3) is 6.52. The van der Waals surface area contributed by atoms with Crippen LogP contribution in [-0.4, -0.2) is 58.2 Å². The fourth-order valence-electron chi connectivity index (χ4n) is 5.80. The summed E-state index contributed by atoms with van der Waals surface area (Å²) in [7, 11) is -0.640. The number of hydrogen-bond acceptors (Lipinski definition) is 10. The van der Waals surface area contributed by atoms with Gasteiger partial charge in [-0.25, -0.2) is 19.9 Å². The molecule has 1 aliphatic rings. The fraction of sp³-hybridized carbons (Fsp3) is 0.150. The Balaban J connectivity index is 1.35. The van der Waals surface area contributed by atoms with Gasteiger partial charge in [-0.05, 0) is 99.9 Å². The first-order valence-electron chi connectivity index (χ1n) is 16.7. The highest BCUT2D eigenvalue weighted by molar-refractivity contribution is 6.62. The van der Waals surface area contributed by atoms with E-state index in [2.05, 4.69) is 38.1 Å². The maximum absolute atomic E-state index is 6.58. The zero-order valence-electron chi connectivity index (χ0n) is 28.6. The Hall–Kier alpha value is -6.04. The minimum Gasteiger partial charge on any atom is -0.399 e. The van der Waals surface area contributed by atoms with Crippen LogP contribution in [0.2, 0.25) is 0 Å². The molecule has 0 spiro atoms. The van der Waals surface area contributed by atoms with Crippen LogP contribution in [0.1, 0.15) is 27.7 Å². The first-order valence-corrected chi connectivity index (χ1v) is 16.7. The van der Waals surface area contributed by atoms with Crippen LogP contribution in [-0.2, 0) is 9.31 Å². The molecule has 1 saturated heterocycles. The second-order valence-electron chi connectivity index (χ2n) is 13.3. The molecule has 0 amide bonds. The van der Waals surface area contributed by atoms with E-state index in [0.29, 0.717) is 34.4 Å². The van der Waals surface area contributed by atoms with E-state index in [-0.39, 0.29) is 0 Å². The van der Waals surface area contributed by atoms with Gasteiger partial charge in [-0.15, -0.1) is 0 Å². The van der Waals surface area contributed by atoms with Gasteiger partial charge in [0.15, 0.2) is 11.6 Å². The van der Waals surface area contributed by atoms with Crippen molar-refractivity contribution in [3.8, 4) is 68.1 Å². The molecule has 0 atom stereocenters. The summed E-state index contributed by atoms with van der Waals surface area (Å²) in [6, 6.07) is 29.3. The minimum absolute atomic E-state index is 0.493. The van der Waals surface area contributed by atoms with Crippen molar-refractivity contribution in [3.05, 3.63) is 128 Å². The SMILES string of the molecule is CC1(C)OB(c2cc(-c3cc(-c4cccnc4)nc(-c4ccccn4)n3)cc(-c3cc(-c4cccnc4)nc(-c4ccccn4)n3)c2)OC1(C)C. The van der Waals surface area contributed by atoms with Gasteiger partial charge in [0.05, 0.1) is 34.0 Å². The van der Waals surface area contributed by atoms with Crippen LogP contribution in [0.15, 0.2) is 128 Å². The van der Waals surface area contributed by atoms with Gasteiger partial charge < -0.3 is 9.31 Å². The van der Waals surface area contributed by atoms with Crippen LogP contribution in [0.5, 0.6) is 0 Å². The Labute approximate surface area is 296 Å². The Morgan fingerprint density at radius 3 is 1.29 bits per heavy atom. The summed E-state index contributed by atoms with van der Waals surface area (Å²) in [6.45, 7) is 8.19. The van der Waals surface area contributed by atoms with Gasteiger partial charge in [-0.1, -0.05) is 24.3 Å². The van der Waals surface area contributed by atoms with Gasteiger partial charge in [0.2, 0.25) is 0 Å². The average molecular weight is 669 g/mol. The van der Waals surface area contributed by atoms with Gasteiger partial charge in [-0.2, -0.15) is 0 Å². The molecule has 11 heteroatoms. The lowest BCUT2D eigenvalue weighted by Gasteiger charge is -2.32. The van der Waals surface area contributed by atoms with E-state index in [4.69, 9.17) is 29.2 Å². The molecule has 1 aliphatic heterocycles. The van der Waals surface area contributed by atoms with Gasteiger partial charge >= 0.3 is 7.12 Å². The molecule has 7 heterocycles. The quantitative estimate of drug-likeness (QED) is 0.162. The van der Waals surface area contributed by atoms with Crippen LogP contribution in [0.4, 0.5) is 0 Å². The van der Waals surface area contributed by atoms with Crippen LogP contribution in [0.3, 0.4) is 0 Å². The van der Waals surface area contributed by atoms with E-state index in [9.17, 15) is 0 Å². The molecule has 0 unspecified atom stereocenters. The summed E-state index contributed by atoms with van der Waals surface area (Å²) in [6.07, 6.45) is 10.5. The summed E-state index contributed by atoms with van der Waals surface area (Å²) >= 11 is 0. The predicted molar refractivity (Wildman–Crippen MR) is 197 cm³/mol. The monoisotopic (exact) mass is 668 g/mol. The van der Waals surface area contributed by atoms with Crippen LogP contribution in [0.25, 0.3) is 68.1 Å². The Morgan fingerprint density at radius 1 is 0.451 bits per heavy atom. The summed E-state index contributed by atoms with van der Waals surface area (Å²) in [4.78, 5) is 37.8. The fourth-order valence-corrected chi connectivity index (χ4v) is 5.80. The summed E-state index contributed by atoms with van der Waals surface area (Å²) in [5.41, 5.74) is 7.22. The molecule has 0 radical (unpaired) electrons. The van der Waals surface area contributed by atoms with E-state index in [1.807, 2.05) is 100 Å². The largest absolute Gasteiger partial charge is 0.494 e. The van der Waals surface area contributed by atoms with Crippen molar-refractivity contribution in [1.29, 1.82) is 0 Å². The van der Waals surface area contributed by atoms with Crippen molar-refractivity contribution in [3.63, 3.8) is 0 Å². The van der Waals surface area contributed by atoms with E-state index >= 15 is 0 Å². The predicted octanol–water partition coefficient (Wildman–Crippen LogP) is 7.15. The highest BCUT2D eigenvalue weighted by Gasteiger charge is 2.51. The lowest BCUT2D eigenvalue weighted by Crippen LogP contribution is -2.41. The molecule has 1 fully saturated rings. The number of benzene rings is 1. The first kappa shape index (κ1) is 32.2. The molecule has 1 aromatic carbocycles. The third-order valence-corrected chi connectivity index (χ3v) is 9.23. The van der Waals surface area contributed by atoms with Crippen LogP contribution >= 0.6 is 0 Å². The molecule has 0 aliphatic carbocycles. The normalized spacial score (nSPS) is 14.8. The minimum atomic E-state index is -0.640. The highest BCUT2D eigenvalue weighted by atomic mass is 16.7. The highest BCUT2D eigenvalue weighted by Crippen LogP contribution is 2.38. The van der Waals surface area contributed by atoms with Crippen molar-refractivity contribution in [2.75, 3.05) is 0 Å². The number of aromatic nitrogens is 8. The second kappa shape index (κ2) is 13.0. The molecule has 248 valence electrons. The van der Waals surface area contributed by atoms with E-state index < -0.39 is 18.3 Å². The molecular formula is C40H33BN8O2. The molecule has 10 nitrogen and oxygen atoms in total. The van der Waals surface area contributed by atoms with Crippen molar-refractivity contribution in [2.24, 2.45) is 0 Å². The van der Waals surface area contributed by atoms with Gasteiger partial charge in [0.1, 0.15) is 11.4 Å². The van der Waals surface area contributed by atoms with Gasteiger partial charge in [-0.3, -0.25) is 19.9 Å². The molecule has 51 heavy (non-hydrogen) atoms. The summed E-state index contributed by atoms with van der Waals surface area (Å²) < 4.78 is 13.2. The van der Waals surface area contributed by atoms with Crippen molar-refractivity contribution >= 4 is 12.6 Å². The molecule has 8 rings (SSSR count). The maximum atomic E-state index is 6.58. The average Bonchev–Trinajstić information content (AvgIpc) is 3.41. The Bertz CT molecular complexity index is 2050. The molecule has 6 aromatic heterocycles. The number of hydrogen-bond donors (Lipinski definition) is 0. The smallest absolute Gasteiger partial charge is 0.399 e. The summed E-state index contributed by atoms with van der Waals surface area (Å²) in [5, 5.41) is 0. The van der Waals surface area contributed by atoms with E-state index in [1.54, 1.807) is 37.2 Å². The molecule has 0 bridgehead atoms. The van der Waals surface area contributed by atoms with Crippen molar-refractivity contribution in [2.45, 2.75) is 38.9 Å². The molecular weight excluding hydrogens is 635 g/mol. The van der Waals surface area contributed by atoms with Crippen LogP contribution in [0, 0.1) is 0 Å². The van der Waals surface area contributed by atoms with E-state index in [0.717, 1.165) is 39.1 Å². The lowest BCUT2D eigenvalue weighted by atomic mass is 9.77. The zero-order chi connectivity index (χ0) is 35.0.